The first-order chi connectivity index (χ1) is 10.8. The molecule has 1 unspecified atom stereocenters. The van der Waals surface area contributed by atoms with E-state index in [-0.39, 0.29) is 6.04 Å². The topological polar surface area (TPSA) is 74.2 Å². The zero-order chi connectivity index (χ0) is 17.3. The minimum Gasteiger partial charge on any atom is -0.444 e. The molecule has 0 fully saturated rings. The Morgan fingerprint density at radius 1 is 1.30 bits per heavy atom. The van der Waals surface area contributed by atoms with Gasteiger partial charge in [0.25, 0.3) is 0 Å². The molecule has 0 aliphatic carbocycles. The Morgan fingerprint density at radius 2 is 1.96 bits per heavy atom. The molecule has 5 nitrogen and oxygen atoms in total. The number of amides is 1. The van der Waals surface area contributed by atoms with Crippen LogP contribution in [0.1, 0.15) is 51.7 Å². The maximum atomic E-state index is 11.7. The van der Waals surface area contributed by atoms with E-state index in [1.807, 2.05) is 45.0 Å². The molecule has 0 saturated carbocycles. The molecule has 1 amide bonds. The maximum absolute atomic E-state index is 11.7. The van der Waals surface area contributed by atoms with Crippen molar-refractivity contribution in [3.63, 3.8) is 0 Å². The second-order valence-electron chi connectivity index (χ2n) is 6.56. The van der Waals surface area contributed by atoms with Crippen molar-refractivity contribution in [2.45, 2.75) is 58.7 Å². The fourth-order valence-electron chi connectivity index (χ4n) is 2.10. The van der Waals surface area contributed by atoms with Crippen molar-refractivity contribution >= 4 is 6.09 Å². The minimum atomic E-state index is -0.486. The zero-order valence-electron chi connectivity index (χ0n) is 14.5. The van der Waals surface area contributed by atoms with Crippen molar-refractivity contribution in [2.75, 3.05) is 6.54 Å². The number of rotatable bonds is 7. The first kappa shape index (κ1) is 19.0. The molecule has 23 heavy (non-hydrogen) atoms. The Hall–Kier alpha value is -2.06. The molecular formula is C18H27N3O2. The van der Waals surface area contributed by atoms with Gasteiger partial charge in [0.2, 0.25) is 0 Å². The van der Waals surface area contributed by atoms with Crippen LogP contribution in [-0.4, -0.2) is 24.3 Å². The molecule has 1 rings (SSSR count). The highest BCUT2D eigenvalue weighted by Crippen LogP contribution is 2.07. The van der Waals surface area contributed by atoms with Gasteiger partial charge in [-0.25, -0.2) is 4.79 Å². The van der Waals surface area contributed by atoms with E-state index in [0.29, 0.717) is 18.7 Å². The summed E-state index contributed by atoms with van der Waals surface area (Å²) in [5.74, 6) is 0. The van der Waals surface area contributed by atoms with Crippen LogP contribution in [0.5, 0.6) is 0 Å². The Bertz CT molecular complexity index is 527. The number of carbonyl (C=O) groups is 1. The van der Waals surface area contributed by atoms with Gasteiger partial charge >= 0.3 is 6.09 Å². The second-order valence-corrected chi connectivity index (χ2v) is 6.56. The van der Waals surface area contributed by atoms with Gasteiger partial charge in [-0.3, -0.25) is 0 Å². The van der Waals surface area contributed by atoms with Crippen LogP contribution < -0.4 is 10.6 Å². The predicted octanol–water partition coefficient (Wildman–Crippen LogP) is 3.34. The van der Waals surface area contributed by atoms with Gasteiger partial charge in [0.1, 0.15) is 5.60 Å². The third-order valence-electron chi connectivity index (χ3n) is 3.21. The van der Waals surface area contributed by atoms with Crippen LogP contribution >= 0.6 is 0 Å². The summed E-state index contributed by atoms with van der Waals surface area (Å²) < 4.78 is 5.25. The minimum absolute atomic E-state index is 0.183. The standard InChI is InChI=1S/C18H27N3O2/c1-5-6-16(13-21-17(22)23-18(2,3)4)20-12-15-9-7-14(11-19)8-10-15/h7-10,16,20H,5-6,12-13H2,1-4H3,(H,21,22). The van der Waals surface area contributed by atoms with Crippen LogP contribution in [0.3, 0.4) is 0 Å². The molecular weight excluding hydrogens is 290 g/mol. The molecule has 2 N–H and O–H groups in total. The number of ether oxygens (including phenoxy) is 1. The highest BCUT2D eigenvalue weighted by atomic mass is 16.6. The smallest absolute Gasteiger partial charge is 0.407 e. The van der Waals surface area contributed by atoms with E-state index < -0.39 is 11.7 Å². The largest absolute Gasteiger partial charge is 0.444 e. The van der Waals surface area contributed by atoms with E-state index >= 15 is 0 Å². The predicted molar refractivity (Wildman–Crippen MR) is 90.9 cm³/mol. The summed E-state index contributed by atoms with van der Waals surface area (Å²) >= 11 is 0. The summed E-state index contributed by atoms with van der Waals surface area (Å²) in [5.41, 5.74) is 1.29. The number of hydrogen-bond donors (Lipinski definition) is 2. The van der Waals surface area contributed by atoms with Crippen LogP contribution in [0.4, 0.5) is 4.79 Å². The number of nitrogens with zero attached hydrogens (tertiary/aromatic N) is 1. The third kappa shape index (κ3) is 8.22. The summed E-state index contributed by atoms with van der Waals surface area (Å²) in [6.07, 6.45) is 1.60. The van der Waals surface area contributed by atoms with Crippen molar-refractivity contribution < 1.29 is 9.53 Å². The highest BCUT2D eigenvalue weighted by molar-refractivity contribution is 5.67. The molecule has 1 aromatic carbocycles. The van der Waals surface area contributed by atoms with Gasteiger partial charge in [0.05, 0.1) is 11.6 Å². The van der Waals surface area contributed by atoms with E-state index in [1.54, 1.807) is 0 Å². The quantitative estimate of drug-likeness (QED) is 0.809. The Morgan fingerprint density at radius 3 is 2.48 bits per heavy atom. The van der Waals surface area contributed by atoms with Crippen LogP contribution in [0.25, 0.3) is 0 Å². The van der Waals surface area contributed by atoms with Crippen LogP contribution in [-0.2, 0) is 11.3 Å². The monoisotopic (exact) mass is 317 g/mol. The molecule has 0 radical (unpaired) electrons. The molecule has 1 aromatic rings. The summed E-state index contributed by atoms with van der Waals surface area (Å²) in [6, 6.07) is 9.79. The van der Waals surface area contributed by atoms with Gasteiger partial charge in [-0.05, 0) is 44.9 Å². The van der Waals surface area contributed by atoms with Gasteiger partial charge in [-0.1, -0.05) is 25.5 Å². The third-order valence-corrected chi connectivity index (χ3v) is 3.21. The lowest BCUT2D eigenvalue weighted by atomic mass is 10.1. The molecule has 0 aromatic heterocycles. The number of hydrogen-bond acceptors (Lipinski definition) is 4. The highest BCUT2D eigenvalue weighted by Gasteiger charge is 2.17. The molecule has 1 atom stereocenters. The van der Waals surface area contributed by atoms with Gasteiger partial charge in [0.15, 0.2) is 0 Å². The van der Waals surface area contributed by atoms with Gasteiger partial charge in [-0.2, -0.15) is 5.26 Å². The summed E-state index contributed by atoms with van der Waals surface area (Å²) in [7, 11) is 0. The summed E-state index contributed by atoms with van der Waals surface area (Å²) in [6.45, 7) is 8.88. The lowest BCUT2D eigenvalue weighted by Gasteiger charge is -2.22. The normalized spacial score (nSPS) is 12.3. The van der Waals surface area contributed by atoms with Crippen molar-refractivity contribution in [3.05, 3.63) is 35.4 Å². The summed E-state index contributed by atoms with van der Waals surface area (Å²) in [4.78, 5) is 11.7. The molecule has 0 saturated heterocycles. The van der Waals surface area contributed by atoms with Gasteiger partial charge in [0, 0.05) is 19.1 Å². The van der Waals surface area contributed by atoms with E-state index in [1.165, 1.54) is 0 Å². The average Bonchev–Trinajstić information content (AvgIpc) is 2.49. The second kappa shape index (κ2) is 9.16. The number of alkyl carbamates (subject to hydrolysis) is 1. The Labute approximate surface area is 139 Å². The number of benzene rings is 1. The number of carbonyl (C=O) groups excluding carboxylic acids is 1. The zero-order valence-corrected chi connectivity index (χ0v) is 14.5. The fourth-order valence-corrected chi connectivity index (χ4v) is 2.10. The van der Waals surface area contributed by atoms with Gasteiger partial charge < -0.3 is 15.4 Å². The van der Waals surface area contributed by atoms with Crippen molar-refractivity contribution in [1.82, 2.24) is 10.6 Å². The number of nitriles is 1. The van der Waals surface area contributed by atoms with E-state index in [2.05, 4.69) is 23.6 Å². The van der Waals surface area contributed by atoms with Crippen LogP contribution in [0.15, 0.2) is 24.3 Å². The molecule has 0 aliphatic heterocycles. The van der Waals surface area contributed by atoms with Crippen molar-refractivity contribution in [1.29, 1.82) is 5.26 Å². The molecule has 5 heteroatoms. The number of nitrogens with one attached hydrogen (secondary N) is 2. The lowest BCUT2D eigenvalue weighted by Crippen LogP contribution is -2.42. The SMILES string of the molecule is CCCC(CNC(=O)OC(C)(C)C)NCc1ccc(C#N)cc1. The molecule has 0 aliphatic rings. The van der Waals surface area contributed by atoms with Crippen molar-refractivity contribution in [3.8, 4) is 6.07 Å². The van der Waals surface area contributed by atoms with Crippen LogP contribution in [0, 0.1) is 11.3 Å². The van der Waals surface area contributed by atoms with E-state index in [0.717, 1.165) is 18.4 Å². The molecule has 0 spiro atoms. The summed E-state index contributed by atoms with van der Waals surface area (Å²) in [5, 5.41) is 15.1. The van der Waals surface area contributed by atoms with Gasteiger partial charge in [-0.15, -0.1) is 0 Å². The Balaban J connectivity index is 2.45. The first-order valence-electron chi connectivity index (χ1n) is 8.03. The maximum Gasteiger partial charge on any atom is 0.407 e. The average molecular weight is 317 g/mol. The Kier molecular flexibility index (Phi) is 7.56. The van der Waals surface area contributed by atoms with Crippen LogP contribution in [0.2, 0.25) is 0 Å². The van der Waals surface area contributed by atoms with Crippen molar-refractivity contribution in [2.24, 2.45) is 0 Å². The van der Waals surface area contributed by atoms with E-state index in [4.69, 9.17) is 10.00 Å². The fraction of sp³-hybridized carbons (Fsp3) is 0.556. The molecule has 0 heterocycles. The molecule has 126 valence electrons. The first-order valence-corrected chi connectivity index (χ1v) is 8.03. The van der Waals surface area contributed by atoms with E-state index in [9.17, 15) is 4.79 Å². The molecule has 0 bridgehead atoms. The lowest BCUT2D eigenvalue weighted by molar-refractivity contribution is 0.0521.